The lowest BCUT2D eigenvalue weighted by Gasteiger charge is -2.18. The van der Waals surface area contributed by atoms with Crippen LogP contribution in [0.1, 0.15) is 15.9 Å². The van der Waals surface area contributed by atoms with Crippen molar-refractivity contribution in [1.29, 1.82) is 0 Å². The van der Waals surface area contributed by atoms with Gasteiger partial charge < -0.3 is 15.0 Å². The number of hydrogen-bond acceptors (Lipinski definition) is 3. The van der Waals surface area contributed by atoms with Crippen molar-refractivity contribution in [1.82, 2.24) is 10.2 Å². The zero-order chi connectivity index (χ0) is 17.5. The van der Waals surface area contributed by atoms with Crippen molar-refractivity contribution < 1.29 is 18.7 Å². The van der Waals surface area contributed by atoms with Gasteiger partial charge in [-0.3, -0.25) is 9.59 Å². The normalized spacial score (nSPS) is 10.1. The first kappa shape index (κ1) is 17.5. The SMILES string of the molecule is COc1ccc(CN(C)C(=O)CNC(=O)c2ccc(F)cc2)cc1. The van der Waals surface area contributed by atoms with Gasteiger partial charge in [0.1, 0.15) is 11.6 Å². The van der Waals surface area contributed by atoms with Gasteiger partial charge in [-0.05, 0) is 42.0 Å². The Morgan fingerprint density at radius 3 is 2.29 bits per heavy atom. The Morgan fingerprint density at radius 1 is 1.08 bits per heavy atom. The van der Waals surface area contributed by atoms with Crippen molar-refractivity contribution >= 4 is 11.8 Å². The van der Waals surface area contributed by atoms with Crippen molar-refractivity contribution in [3.8, 4) is 5.75 Å². The van der Waals surface area contributed by atoms with Gasteiger partial charge >= 0.3 is 0 Å². The molecule has 0 unspecified atom stereocenters. The van der Waals surface area contributed by atoms with E-state index in [0.29, 0.717) is 12.1 Å². The molecule has 6 heteroatoms. The first-order valence-corrected chi connectivity index (χ1v) is 7.40. The third-order valence-corrected chi connectivity index (χ3v) is 3.51. The maximum atomic E-state index is 12.8. The fourth-order valence-corrected chi connectivity index (χ4v) is 2.09. The molecule has 2 amide bonds. The van der Waals surface area contributed by atoms with E-state index in [9.17, 15) is 14.0 Å². The summed E-state index contributed by atoms with van der Waals surface area (Å²) in [5.41, 5.74) is 1.26. The van der Waals surface area contributed by atoms with Crippen LogP contribution in [0.15, 0.2) is 48.5 Å². The molecule has 126 valence electrons. The summed E-state index contributed by atoms with van der Waals surface area (Å²) in [6, 6.07) is 12.5. The summed E-state index contributed by atoms with van der Waals surface area (Å²) >= 11 is 0. The molecule has 0 aliphatic carbocycles. The van der Waals surface area contributed by atoms with E-state index < -0.39 is 11.7 Å². The van der Waals surface area contributed by atoms with Crippen LogP contribution in [0.25, 0.3) is 0 Å². The highest BCUT2D eigenvalue weighted by molar-refractivity contribution is 5.96. The van der Waals surface area contributed by atoms with Crippen LogP contribution in [0.4, 0.5) is 4.39 Å². The number of carbonyl (C=O) groups is 2. The number of rotatable bonds is 6. The van der Waals surface area contributed by atoms with Crippen LogP contribution in [-0.2, 0) is 11.3 Å². The van der Waals surface area contributed by atoms with Gasteiger partial charge in [0.15, 0.2) is 0 Å². The van der Waals surface area contributed by atoms with Crippen molar-refractivity contribution in [3.63, 3.8) is 0 Å². The van der Waals surface area contributed by atoms with E-state index in [1.165, 1.54) is 29.2 Å². The van der Waals surface area contributed by atoms with Crippen LogP contribution in [0.5, 0.6) is 5.75 Å². The van der Waals surface area contributed by atoms with E-state index in [2.05, 4.69) is 5.32 Å². The van der Waals surface area contributed by atoms with E-state index in [0.717, 1.165) is 11.3 Å². The molecular weight excluding hydrogens is 311 g/mol. The average Bonchev–Trinajstić information content (AvgIpc) is 2.60. The Bertz CT molecular complexity index is 699. The summed E-state index contributed by atoms with van der Waals surface area (Å²) in [5.74, 6) is -0.302. The number of nitrogens with one attached hydrogen (secondary N) is 1. The molecule has 0 bridgehead atoms. The summed E-state index contributed by atoms with van der Waals surface area (Å²) in [6.07, 6.45) is 0. The number of ether oxygens (including phenoxy) is 1. The van der Waals surface area contributed by atoms with E-state index >= 15 is 0 Å². The minimum atomic E-state index is -0.416. The molecule has 0 fully saturated rings. The lowest BCUT2D eigenvalue weighted by Crippen LogP contribution is -2.37. The monoisotopic (exact) mass is 330 g/mol. The van der Waals surface area contributed by atoms with Crippen molar-refractivity contribution in [2.24, 2.45) is 0 Å². The minimum absolute atomic E-state index is 0.122. The minimum Gasteiger partial charge on any atom is -0.497 e. The maximum Gasteiger partial charge on any atom is 0.251 e. The molecule has 0 atom stereocenters. The highest BCUT2D eigenvalue weighted by Crippen LogP contribution is 2.12. The Balaban J connectivity index is 1.84. The van der Waals surface area contributed by atoms with Gasteiger partial charge in [0.05, 0.1) is 13.7 Å². The van der Waals surface area contributed by atoms with Gasteiger partial charge in [0.25, 0.3) is 5.91 Å². The summed E-state index contributed by atoms with van der Waals surface area (Å²) in [6.45, 7) is 0.304. The lowest BCUT2D eigenvalue weighted by atomic mass is 10.2. The van der Waals surface area contributed by atoms with Crippen LogP contribution >= 0.6 is 0 Å². The number of likely N-dealkylation sites (N-methyl/N-ethyl adjacent to an activating group) is 1. The van der Waals surface area contributed by atoms with Gasteiger partial charge in [-0.15, -0.1) is 0 Å². The molecule has 0 spiro atoms. The standard InChI is InChI=1S/C18H19FN2O3/c1-21(12-13-3-9-16(24-2)10-4-13)17(22)11-20-18(23)14-5-7-15(19)8-6-14/h3-10H,11-12H2,1-2H3,(H,20,23). The number of amides is 2. The Morgan fingerprint density at radius 2 is 1.71 bits per heavy atom. The third-order valence-electron chi connectivity index (χ3n) is 3.51. The van der Waals surface area contributed by atoms with Gasteiger partial charge in [-0.25, -0.2) is 4.39 Å². The lowest BCUT2D eigenvalue weighted by molar-refractivity contribution is -0.129. The predicted octanol–water partition coefficient (Wildman–Crippen LogP) is 2.22. The smallest absolute Gasteiger partial charge is 0.251 e. The van der Waals surface area contributed by atoms with Gasteiger partial charge in [-0.1, -0.05) is 12.1 Å². The number of nitrogens with zero attached hydrogens (tertiary/aromatic N) is 1. The summed E-state index contributed by atoms with van der Waals surface area (Å²) in [5, 5.41) is 2.53. The zero-order valence-corrected chi connectivity index (χ0v) is 13.6. The quantitative estimate of drug-likeness (QED) is 0.883. The average molecular weight is 330 g/mol. The van der Waals surface area contributed by atoms with Crippen LogP contribution in [0.2, 0.25) is 0 Å². The second-order valence-electron chi connectivity index (χ2n) is 5.29. The second-order valence-corrected chi connectivity index (χ2v) is 5.29. The van der Waals surface area contributed by atoms with E-state index in [1.54, 1.807) is 14.2 Å². The Kier molecular flexibility index (Phi) is 5.89. The molecule has 2 aromatic carbocycles. The Hall–Kier alpha value is -2.89. The first-order chi connectivity index (χ1) is 11.5. The van der Waals surface area contributed by atoms with Crippen molar-refractivity contribution in [3.05, 3.63) is 65.5 Å². The summed E-state index contributed by atoms with van der Waals surface area (Å²) in [7, 11) is 3.26. The predicted molar refractivity (Wildman–Crippen MR) is 88.2 cm³/mol. The molecular formula is C18H19FN2O3. The van der Waals surface area contributed by atoms with E-state index in [-0.39, 0.29) is 12.5 Å². The summed E-state index contributed by atoms with van der Waals surface area (Å²) in [4.78, 5) is 25.5. The number of halogens is 1. The first-order valence-electron chi connectivity index (χ1n) is 7.40. The van der Waals surface area contributed by atoms with Crippen LogP contribution in [0, 0.1) is 5.82 Å². The van der Waals surface area contributed by atoms with Gasteiger partial charge in [0.2, 0.25) is 5.91 Å². The van der Waals surface area contributed by atoms with Crippen LogP contribution < -0.4 is 10.1 Å². The fourth-order valence-electron chi connectivity index (χ4n) is 2.09. The maximum absolute atomic E-state index is 12.8. The van der Waals surface area contributed by atoms with E-state index in [1.807, 2.05) is 24.3 Å². The van der Waals surface area contributed by atoms with E-state index in [4.69, 9.17) is 4.74 Å². The zero-order valence-electron chi connectivity index (χ0n) is 13.6. The van der Waals surface area contributed by atoms with Gasteiger partial charge in [-0.2, -0.15) is 0 Å². The molecule has 0 aliphatic heterocycles. The molecule has 0 heterocycles. The largest absolute Gasteiger partial charge is 0.497 e. The van der Waals surface area contributed by atoms with Crippen LogP contribution in [-0.4, -0.2) is 37.4 Å². The molecule has 0 saturated heterocycles. The molecule has 1 N–H and O–H groups in total. The molecule has 24 heavy (non-hydrogen) atoms. The molecule has 2 aromatic rings. The third kappa shape index (κ3) is 4.81. The second kappa shape index (κ2) is 8.10. The van der Waals surface area contributed by atoms with Crippen LogP contribution in [0.3, 0.4) is 0 Å². The molecule has 0 radical (unpaired) electrons. The van der Waals surface area contributed by atoms with Crippen molar-refractivity contribution in [2.45, 2.75) is 6.54 Å². The summed E-state index contributed by atoms with van der Waals surface area (Å²) < 4.78 is 17.9. The molecule has 0 aromatic heterocycles. The molecule has 0 aliphatic rings. The molecule has 0 saturated carbocycles. The topological polar surface area (TPSA) is 58.6 Å². The molecule has 2 rings (SSSR count). The van der Waals surface area contributed by atoms with Crippen molar-refractivity contribution in [2.75, 3.05) is 20.7 Å². The number of hydrogen-bond donors (Lipinski definition) is 1. The van der Waals surface area contributed by atoms with Gasteiger partial charge in [0, 0.05) is 19.2 Å². The molecule has 5 nitrogen and oxygen atoms in total. The number of methoxy groups -OCH3 is 1. The number of benzene rings is 2. The highest BCUT2D eigenvalue weighted by Gasteiger charge is 2.12. The fraction of sp³-hybridized carbons (Fsp3) is 0.222. The highest BCUT2D eigenvalue weighted by atomic mass is 19.1. The number of carbonyl (C=O) groups excluding carboxylic acids is 2. The Labute approximate surface area is 140 Å².